The van der Waals surface area contributed by atoms with Crippen LogP contribution in [-0.4, -0.2) is 85.9 Å². The topological polar surface area (TPSA) is 133 Å². The van der Waals surface area contributed by atoms with Gasteiger partial charge < -0.3 is 25.2 Å². The molecule has 0 spiro atoms. The molecule has 7 rings (SSSR count). The number of hydrogen-bond donors (Lipinski definition) is 2. The minimum Gasteiger partial charge on any atom is -0.393 e. The summed E-state index contributed by atoms with van der Waals surface area (Å²) in [4.78, 5) is 20.1. The second-order valence-corrected chi connectivity index (χ2v) is 11.5. The van der Waals surface area contributed by atoms with Gasteiger partial charge in [-0.25, -0.2) is 9.50 Å². The number of likely N-dealkylation sites (tertiary alicyclic amines) is 1. The van der Waals surface area contributed by atoms with Gasteiger partial charge in [0.2, 0.25) is 5.91 Å². The largest absolute Gasteiger partial charge is 0.393 e. The fraction of sp³-hybridized carbons (Fsp3) is 0.467. The van der Waals surface area contributed by atoms with E-state index in [1.54, 1.807) is 7.11 Å². The summed E-state index contributed by atoms with van der Waals surface area (Å²) < 4.78 is 15.0. The number of aliphatic hydroxyl groups excluding tert-OH is 1. The molecule has 3 aromatic heterocycles. The van der Waals surface area contributed by atoms with Crippen LogP contribution >= 0.6 is 0 Å². The van der Waals surface area contributed by atoms with Crippen molar-refractivity contribution in [2.75, 3.05) is 39.1 Å². The summed E-state index contributed by atoms with van der Waals surface area (Å²) in [6, 6.07) is 12.4. The van der Waals surface area contributed by atoms with Crippen LogP contribution in [0.1, 0.15) is 43.7 Å². The Morgan fingerprint density at radius 2 is 1.95 bits per heavy atom. The van der Waals surface area contributed by atoms with Gasteiger partial charge in [0.25, 0.3) is 0 Å². The standard InChI is InChI=1S/C30H35N7O4/c1-40-23-6-10-35(17-23)29(39)30(15-22(38)16-30)20-4-2-3-19(13-20)26-14-24(27-28(31)32-18-34-37(26)27)25-5-9-33-36(25)21-7-11-41-12-8-21/h2-5,9,13-14,18,21-23,38H,6-8,10-12,15-17H2,1H3,(H2,31,32,34). The van der Waals surface area contributed by atoms with Crippen LogP contribution in [0.2, 0.25) is 0 Å². The number of amides is 1. The zero-order valence-corrected chi connectivity index (χ0v) is 23.1. The first-order valence-corrected chi connectivity index (χ1v) is 14.3. The zero-order valence-electron chi connectivity index (χ0n) is 23.1. The number of anilines is 1. The molecule has 4 aromatic rings. The molecule has 2 aliphatic heterocycles. The number of nitrogens with two attached hydrogens (primary N) is 1. The molecule has 0 bridgehead atoms. The Morgan fingerprint density at radius 1 is 1.12 bits per heavy atom. The molecule has 1 unspecified atom stereocenters. The van der Waals surface area contributed by atoms with Crippen LogP contribution in [-0.2, 0) is 19.7 Å². The molecule has 3 fully saturated rings. The van der Waals surface area contributed by atoms with E-state index >= 15 is 0 Å². The van der Waals surface area contributed by atoms with Gasteiger partial charge in [0.15, 0.2) is 5.82 Å². The average Bonchev–Trinajstić information content (AvgIpc) is 3.74. The number of methoxy groups -OCH3 is 1. The smallest absolute Gasteiger partial charge is 0.233 e. The van der Waals surface area contributed by atoms with Gasteiger partial charge >= 0.3 is 0 Å². The van der Waals surface area contributed by atoms with Crippen molar-refractivity contribution < 1.29 is 19.4 Å². The van der Waals surface area contributed by atoms with E-state index in [0.29, 0.717) is 50.5 Å². The average molecular weight is 558 g/mol. The number of nitrogens with zero attached hydrogens (tertiary/aromatic N) is 6. The van der Waals surface area contributed by atoms with E-state index in [2.05, 4.69) is 32.0 Å². The number of aromatic nitrogens is 5. The molecule has 41 heavy (non-hydrogen) atoms. The quantitative estimate of drug-likeness (QED) is 0.370. The van der Waals surface area contributed by atoms with Crippen LogP contribution in [0.15, 0.2) is 48.9 Å². The highest BCUT2D eigenvalue weighted by molar-refractivity contribution is 5.92. The van der Waals surface area contributed by atoms with Crippen molar-refractivity contribution in [2.45, 2.75) is 55.8 Å². The monoisotopic (exact) mass is 557 g/mol. The summed E-state index contributed by atoms with van der Waals surface area (Å²) in [6.45, 7) is 2.67. The van der Waals surface area contributed by atoms with E-state index in [1.807, 2.05) is 39.9 Å². The van der Waals surface area contributed by atoms with Crippen LogP contribution in [0.3, 0.4) is 0 Å². The molecule has 214 valence electrons. The normalized spacial score (nSPS) is 25.1. The van der Waals surface area contributed by atoms with Gasteiger partial charge in [0.1, 0.15) is 11.8 Å². The molecule has 11 nitrogen and oxygen atoms in total. The Labute approximate surface area is 237 Å². The maximum Gasteiger partial charge on any atom is 0.233 e. The molecule has 5 heterocycles. The van der Waals surface area contributed by atoms with E-state index in [1.165, 1.54) is 6.33 Å². The molecule has 11 heteroatoms. The number of nitrogen functional groups attached to an aromatic ring is 1. The maximum absolute atomic E-state index is 13.9. The molecule has 1 atom stereocenters. The second kappa shape index (κ2) is 10.2. The van der Waals surface area contributed by atoms with Gasteiger partial charge in [-0.05, 0) is 55.9 Å². The highest BCUT2D eigenvalue weighted by Crippen LogP contribution is 2.47. The van der Waals surface area contributed by atoms with Gasteiger partial charge in [-0.1, -0.05) is 18.2 Å². The summed E-state index contributed by atoms with van der Waals surface area (Å²) in [5, 5.41) is 19.7. The van der Waals surface area contributed by atoms with Crippen LogP contribution in [0.5, 0.6) is 0 Å². The Hall–Kier alpha value is -3.80. The third kappa shape index (κ3) is 4.30. The lowest BCUT2D eigenvalue weighted by Gasteiger charge is -2.46. The first kappa shape index (κ1) is 26.1. The third-order valence-corrected chi connectivity index (χ3v) is 9.12. The van der Waals surface area contributed by atoms with E-state index in [4.69, 9.17) is 15.2 Å². The minimum absolute atomic E-state index is 0.0533. The summed E-state index contributed by atoms with van der Waals surface area (Å²) in [5.41, 5.74) is 10.9. The van der Waals surface area contributed by atoms with Crippen LogP contribution in [0.4, 0.5) is 5.82 Å². The first-order valence-electron chi connectivity index (χ1n) is 14.3. The highest BCUT2D eigenvalue weighted by Gasteiger charge is 2.53. The number of rotatable bonds is 6. The van der Waals surface area contributed by atoms with Crippen molar-refractivity contribution >= 4 is 17.2 Å². The molecule has 2 saturated heterocycles. The molecule has 3 N–H and O–H groups in total. The number of ether oxygens (including phenoxy) is 2. The first-order chi connectivity index (χ1) is 20.0. The Balaban J connectivity index is 1.30. The van der Waals surface area contributed by atoms with Crippen LogP contribution in [0, 0.1) is 0 Å². The number of carbonyl (C=O) groups is 1. The lowest BCUT2D eigenvalue weighted by Crippen LogP contribution is -2.56. The van der Waals surface area contributed by atoms with Crippen molar-refractivity contribution in [1.82, 2.24) is 29.3 Å². The predicted octanol–water partition coefficient (Wildman–Crippen LogP) is 2.83. The van der Waals surface area contributed by atoms with Gasteiger partial charge in [-0.3, -0.25) is 9.48 Å². The van der Waals surface area contributed by atoms with Gasteiger partial charge in [-0.2, -0.15) is 10.2 Å². The Morgan fingerprint density at radius 3 is 2.71 bits per heavy atom. The SMILES string of the molecule is COC1CCN(C(=O)C2(c3cccc(-c4cc(-c5ccnn5C5CCOCC5)c5c(N)ncnn45)c3)CC(O)C2)C1. The van der Waals surface area contributed by atoms with Gasteiger partial charge in [0, 0.05) is 50.7 Å². The van der Waals surface area contributed by atoms with Crippen molar-refractivity contribution in [3.63, 3.8) is 0 Å². The summed E-state index contributed by atoms with van der Waals surface area (Å²) >= 11 is 0. The van der Waals surface area contributed by atoms with Crippen molar-refractivity contribution in [3.05, 3.63) is 54.5 Å². The fourth-order valence-corrected chi connectivity index (χ4v) is 6.88. The van der Waals surface area contributed by atoms with Gasteiger partial charge in [-0.15, -0.1) is 0 Å². The number of benzene rings is 1. The van der Waals surface area contributed by atoms with E-state index in [-0.39, 0.29) is 18.1 Å². The summed E-state index contributed by atoms with van der Waals surface area (Å²) in [7, 11) is 1.69. The summed E-state index contributed by atoms with van der Waals surface area (Å²) in [6.07, 6.45) is 6.26. The van der Waals surface area contributed by atoms with Crippen molar-refractivity contribution in [2.24, 2.45) is 0 Å². The lowest BCUT2D eigenvalue weighted by molar-refractivity contribution is -0.145. The third-order valence-electron chi connectivity index (χ3n) is 9.12. The fourth-order valence-electron chi connectivity index (χ4n) is 6.88. The number of hydrogen-bond acceptors (Lipinski definition) is 8. The lowest BCUT2D eigenvalue weighted by atomic mass is 9.61. The zero-order chi connectivity index (χ0) is 28.1. The van der Waals surface area contributed by atoms with E-state index < -0.39 is 11.5 Å². The molecule has 3 aliphatic rings. The molecule has 1 aromatic carbocycles. The van der Waals surface area contributed by atoms with Gasteiger partial charge in [0.05, 0.1) is 35.1 Å². The number of aliphatic hydroxyl groups is 1. The maximum atomic E-state index is 13.9. The predicted molar refractivity (Wildman–Crippen MR) is 152 cm³/mol. The number of carbonyl (C=O) groups excluding carboxylic acids is 1. The number of fused-ring (bicyclic) bond motifs is 1. The van der Waals surface area contributed by atoms with E-state index in [0.717, 1.165) is 47.3 Å². The van der Waals surface area contributed by atoms with E-state index in [9.17, 15) is 9.90 Å². The molecular formula is C30H35N7O4. The molecule has 1 saturated carbocycles. The highest BCUT2D eigenvalue weighted by atomic mass is 16.5. The van der Waals surface area contributed by atoms with Crippen LogP contribution < -0.4 is 5.73 Å². The minimum atomic E-state index is -0.760. The molecular weight excluding hydrogens is 522 g/mol. The Kier molecular flexibility index (Phi) is 6.52. The van der Waals surface area contributed by atoms with Crippen molar-refractivity contribution in [3.8, 4) is 22.5 Å². The van der Waals surface area contributed by atoms with Crippen molar-refractivity contribution in [1.29, 1.82) is 0 Å². The Bertz CT molecular complexity index is 1580. The second-order valence-electron chi connectivity index (χ2n) is 11.5. The molecule has 1 aliphatic carbocycles. The summed E-state index contributed by atoms with van der Waals surface area (Å²) in [5.74, 6) is 0.444. The van der Waals surface area contributed by atoms with Crippen LogP contribution in [0.25, 0.3) is 28.0 Å². The molecule has 1 amide bonds. The molecule has 0 radical (unpaired) electrons.